The maximum Gasteiger partial charge on any atom is 0.223 e. The zero-order valence-corrected chi connectivity index (χ0v) is 10.4. The van der Waals surface area contributed by atoms with Crippen molar-refractivity contribution in [3.05, 3.63) is 0 Å². The molecule has 1 unspecified atom stereocenters. The Labute approximate surface area is 93.8 Å². The van der Waals surface area contributed by atoms with Crippen LogP contribution in [0.1, 0.15) is 52.9 Å². The molecule has 0 aromatic heterocycles. The van der Waals surface area contributed by atoms with Gasteiger partial charge in [-0.3, -0.25) is 4.79 Å². The molecular formula is C12H26N2O. The molecule has 0 rings (SSSR count). The Bertz CT molecular complexity index is 161. The van der Waals surface area contributed by atoms with E-state index in [-0.39, 0.29) is 17.9 Å². The number of nitrogens with one attached hydrogen (secondary N) is 1. The van der Waals surface area contributed by atoms with Gasteiger partial charge >= 0.3 is 0 Å². The van der Waals surface area contributed by atoms with Crippen LogP contribution in [0.25, 0.3) is 0 Å². The van der Waals surface area contributed by atoms with E-state index in [9.17, 15) is 4.79 Å². The smallest absolute Gasteiger partial charge is 0.223 e. The average molecular weight is 214 g/mol. The molecule has 3 nitrogen and oxygen atoms in total. The van der Waals surface area contributed by atoms with E-state index in [1.807, 2.05) is 6.92 Å². The van der Waals surface area contributed by atoms with Gasteiger partial charge in [0.2, 0.25) is 5.91 Å². The third kappa shape index (κ3) is 5.78. The van der Waals surface area contributed by atoms with E-state index in [2.05, 4.69) is 19.2 Å². The summed E-state index contributed by atoms with van der Waals surface area (Å²) in [5.41, 5.74) is 5.56. The molecular weight excluding hydrogens is 188 g/mol. The minimum absolute atomic E-state index is 0.147. The van der Waals surface area contributed by atoms with Crippen LogP contribution in [0.4, 0.5) is 0 Å². The summed E-state index contributed by atoms with van der Waals surface area (Å²) in [6.07, 6.45) is 5.02. The topological polar surface area (TPSA) is 55.1 Å². The van der Waals surface area contributed by atoms with E-state index in [0.29, 0.717) is 6.54 Å². The van der Waals surface area contributed by atoms with Crippen LogP contribution in [0.5, 0.6) is 0 Å². The van der Waals surface area contributed by atoms with Crippen molar-refractivity contribution in [2.75, 3.05) is 6.54 Å². The first kappa shape index (κ1) is 14.4. The molecule has 3 N–H and O–H groups in total. The van der Waals surface area contributed by atoms with E-state index in [1.54, 1.807) is 0 Å². The highest BCUT2D eigenvalue weighted by Gasteiger charge is 2.18. The van der Waals surface area contributed by atoms with Crippen LogP contribution < -0.4 is 11.1 Å². The van der Waals surface area contributed by atoms with E-state index < -0.39 is 0 Å². The number of amides is 1. The highest BCUT2D eigenvalue weighted by atomic mass is 16.1. The van der Waals surface area contributed by atoms with E-state index in [1.165, 1.54) is 0 Å². The van der Waals surface area contributed by atoms with Gasteiger partial charge in [0, 0.05) is 18.5 Å². The number of hydrogen-bond acceptors (Lipinski definition) is 2. The molecule has 0 spiro atoms. The van der Waals surface area contributed by atoms with Gasteiger partial charge < -0.3 is 11.1 Å². The van der Waals surface area contributed by atoms with Gasteiger partial charge in [0.1, 0.15) is 0 Å². The molecule has 0 aliphatic heterocycles. The summed E-state index contributed by atoms with van der Waals surface area (Å²) < 4.78 is 0. The lowest BCUT2D eigenvalue weighted by Gasteiger charge is -2.20. The van der Waals surface area contributed by atoms with Crippen LogP contribution in [0.3, 0.4) is 0 Å². The van der Waals surface area contributed by atoms with E-state index in [0.717, 1.165) is 32.1 Å². The Morgan fingerprint density at radius 2 is 1.73 bits per heavy atom. The monoisotopic (exact) mass is 214 g/mol. The lowest BCUT2D eigenvalue weighted by Crippen LogP contribution is -2.42. The first-order valence-corrected chi connectivity index (χ1v) is 6.19. The molecule has 90 valence electrons. The summed E-state index contributed by atoms with van der Waals surface area (Å²) in [6.45, 7) is 6.83. The van der Waals surface area contributed by atoms with Crippen LogP contribution in [-0.2, 0) is 4.79 Å². The highest BCUT2D eigenvalue weighted by molar-refractivity contribution is 5.78. The fourth-order valence-corrected chi connectivity index (χ4v) is 1.75. The molecule has 0 saturated carbocycles. The molecule has 0 aliphatic carbocycles. The van der Waals surface area contributed by atoms with Crippen LogP contribution >= 0.6 is 0 Å². The Balaban J connectivity index is 4.10. The molecule has 0 aliphatic rings. The van der Waals surface area contributed by atoms with Gasteiger partial charge in [-0.15, -0.1) is 0 Å². The number of nitrogens with two attached hydrogens (primary N) is 1. The second-order valence-electron chi connectivity index (χ2n) is 4.12. The Morgan fingerprint density at radius 3 is 2.07 bits per heavy atom. The van der Waals surface area contributed by atoms with Gasteiger partial charge in [0.05, 0.1) is 0 Å². The van der Waals surface area contributed by atoms with Crippen LogP contribution in [0.2, 0.25) is 0 Å². The SMILES string of the molecule is CCCC(CCC)C(=O)NC(CC)CN. The molecule has 0 saturated heterocycles. The second kappa shape index (κ2) is 8.72. The van der Waals surface area contributed by atoms with Gasteiger partial charge in [-0.05, 0) is 19.3 Å². The predicted molar refractivity (Wildman–Crippen MR) is 64.6 cm³/mol. The van der Waals surface area contributed by atoms with Crippen LogP contribution in [-0.4, -0.2) is 18.5 Å². The Morgan fingerprint density at radius 1 is 1.20 bits per heavy atom. The second-order valence-corrected chi connectivity index (χ2v) is 4.12. The van der Waals surface area contributed by atoms with Crippen molar-refractivity contribution in [3.8, 4) is 0 Å². The predicted octanol–water partition coefficient (Wildman–Crippen LogP) is 2.06. The van der Waals surface area contributed by atoms with Crippen molar-refractivity contribution in [1.29, 1.82) is 0 Å². The molecule has 0 aromatic carbocycles. The van der Waals surface area contributed by atoms with Gasteiger partial charge in [-0.25, -0.2) is 0 Å². The first-order chi connectivity index (χ1) is 7.19. The van der Waals surface area contributed by atoms with Crippen molar-refractivity contribution in [2.24, 2.45) is 11.7 Å². The maximum atomic E-state index is 11.9. The molecule has 0 fully saturated rings. The summed E-state index contributed by atoms with van der Waals surface area (Å²) in [5.74, 6) is 0.372. The fraction of sp³-hybridized carbons (Fsp3) is 0.917. The molecule has 0 aromatic rings. The molecule has 3 heteroatoms. The van der Waals surface area contributed by atoms with Gasteiger partial charge in [0.15, 0.2) is 0 Å². The van der Waals surface area contributed by atoms with Crippen molar-refractivity contribution >= 4 is 5.91 Å². The molecule has 15 heavy (non-hydrogen) atoms. The number of carbonyl (C=O) groups excluding carboxylic acids is 1. The quantitative estimate of drug-likeness (QED) is 0.650. The van der Waals surface area contributed by atoms with E-state index in [4.69, 9.17) is 5.73 Å². The summed E-state index contributed by atoms with van der Waals surface area (Å²) in [7, 11) is 0. The molecule has 0 bridgehead atoms. The molecule has 0 heterocycles. The normalized spacial score (nSPS) is 12.9. The van der Waals surface area contributed by atoms with Crippen LogP contribution in [0.15, 0.2) is 0 Å². The maximum absolute atomic E-state index is 11.9. The van der Waals surface area contributed by atoms with Crippen molar-refractivity contribution < 1.29 is 4.79 Å². The zero-order valence-electron chi connectivity index (χ0n) is 10.4. The number of hydrogen-bond donors (Lipinski definition) is 2. The summed E-state index contributed by atoms with van der Waals surface area (Å²) >= 11 is 0. The minimum atomic E-state index is 0.147. The first-order valence-electron chi connectivity index (χ1n) is 6.19. The Kier molecular flexibility index (Phi) is 8.38. The number of carbonyl (C=O) groups is 1. The van der Waals surface area contributed by atoms with Crippen molar-refractivity contribution in [3.63, 3.8) is 0 Å². The fourth-order valence-electron chi connectivity index (χ4n) is 1.75. The molecule has 1 amide bonds. The zero-order chi connectivity index (χ0) is 11.7. The third-order valence-electron chi connectivity index (χ3n) is 2.77. The summed E-state index contributed by atoms with van der Waals surface area (Å²) in [4.78, 5) is 11.9. The molecule has 1 atom stereocenters. The van der Waals surface area contributed by atoms with Gasteiger partial charge in [-0.1, -0.05) is 33.6 Å². The van der Waals surface area contributed by atoms with Crippen LogP contribution in [0, 0.1) is 5.92 Å². The largest absolute Gasteiger partial charge is 0.352 e. The minimum Gasteiger partial charge on any atom is -0.352 e. The summed E-state index contributed by atoms with van der Waals surface area (Å²) in [5, 5.41) is 3.02. The van der Waals surface area contributed by atoms with E-state index >= 15 is 0 Å². The van der Waals surface area contributed by atoms with Crippen molar-refractivity contribution in [2.45, 2.75) is 58.9 Å². The van der Waals surface area contributed by atoms with Crippen molar-refractivity contribution in [1.82, 2.24) is 5.32 Å². The molecule has 0 radical (unpaired) electrons. The standard InChI is InChI=1S/C12H26N2O/c1-4-7-10(8-5-2)12(15)14-11(6-3)9-13/h10-11H,4-9,13H2,1-3H3,(H,14,15). The van der Waals surface area contributed by atoms with Gasteiger partial charge in [-0.2, -0.15) is 0 Å². The lowest BCUT2D eigenvalue weighted by atomic mass is 9.97. The third-order valence-corrected chi connectivity index (χ3v) is 2.77. The number of rotatable bonds is 8. The highest BCUT2D eigenvalue weighted by Crippen LogP contribution is 2.13. The summed E-state index contributed by atoms with van der Waals surface area (Å²) in [6, 6.07) is 0.147. The Hall–Kier alpha value is -0.570. The average Bonchev–Trinajstić information content (AvgIpc) is 2.25. The van der Waals surface area contributed by atoms with Gasteiger partial charge in [0.25, 0.3) is 0 Å². The lowest BCUT2D eigenvalue weighted by molar-refractivity contribution is -0.126.